The van der Waals surface area contributed by atoms with Gasteiger partial charge in [-0.2, -0.15) is 5.26 Å². The van der Waals surface area contributed by atoms with E-state index in [2.05, 4.69) is 11.1 Å². The number of nitrogens with zero attached hydrogens (tertiary/aromatic N) is 3. The predicted molar refractivity (Wildman–Crippen MR) is 110 cm³/mol. The number of aryl methyl sites for hydroxylation is 1. The molecule has 0 amide bonds. The lowest BCUT2D eigenvalue weighted by atomic mass is 10.1. The van der Waals surface area contributed by atoms with Crippen molar-refractivity contribution in [2.75, 3.05) is 0 Å². The topological polar surface area (TPSA) is 81.0 Å². The van der Waals surface area contributed by atoms with E-state index in [0.717, 1.165) is 0 Å². The second kappa shape index (κ2) is 6.99. The van der Waals surface area contributed by atoms with Gasteiger partial charge in [0.25, 0.3) is 0 Å². The summed E-state index contributed by atoms with van der Waals surface area (Å²) in [5, 5.41) is 10.1. The average Bonchev–Trinajstić information content (AvgIpc) is 3.28. The second-order valence-corrected chi connectivity index (χ2v) is 7.96. The first-order valence-corrected chi connectivity index (χ1v) is 9.58. The van der Waals surface area contributed by atoms with Gasteiger partial charge in [0, 0.05) is 24.4 Å². The molecule has 7 heteroatoms. The fraction of sp³-hybridized carbons (Fsp3) is 0.261. The van der Waals surface area contributed by atoms with E-state index in [9.17, 15) is 14.4 Å². The van der Waals surface area contributed by atoms with Crippen molar-refractivity contribution in [3.05, 3.63) is 59.4 Å². The van der Waals surface area contributed by atoms with Gasteiger partial charge in [-0.3, -0.25) is 0 Å². The maximum atomic E-state index is 14.7. The molecule has 0 radical (unpaired) electrons. The standard InChI is InChI=1S/C23H20FN3O3/c1-5-18-26-20-16(24)10-17-19(21(20)29-18)14(11-25)12-27(17)15-8-6-13(7-9-15)22(28)30-23(2,3)4/h6-10,12H,5H2,1-4H3. The van der Waals surface area contributed by atoms with E-state index < -0.39 is 17.4 Å². The van der Waals surface area contributed by atoms with Gasteiger partial charge < -0.3 is 13.7 Å². The van der Waals surface area contributed by atoms with E-state index >= 15 is 0 Å². The Morgan fingerprint density at radius 3 is 2.60 bits per heavy atom. The Morgan fingerprint density at radius 1 is 1.30 bits per heavy atom. The number of hydrogen-bond donors (Lipinski definition) is 0. The average molecular weight is 405 g/mol. The number of hydrogen-bond acceptors (Lipinski definition) is 5. The first-order chi connectivity index (χ1) is 14.2. The number of oxazole rings is 1. The van der Waals surface area contributed by atoms with E-state index in [4.69, 9.17) is 9.15 Å². The number of ether oxygens (including phenoxy) is 1. The summed E-state index contributed by atoms with van der Waals surface area (Å²) in [5.41, 5.74) is 1.71. The molecule has 0 atom stereocenters. The van der Waals surface area contributed by atoms with Crippen molar-refractivity contribution >= 4 is 28.0 Å². The lowest BCUT2D eigenvalue weighted by molar-refractivity contribution is 0.00695. The first kappa shape index (κ1) is 19.6. The Hall–Kier alpha value is -3.66. The van der Waals surface area contributed by atoms with Gasteiger partial charge in [-0.05, 0) is 45.0 Å². The number of benzene rings is 2. The maximum absolute atomic E-state index is 14.7. The van der Waals surface area contributed by atoms with Crippen molar-refractivity contribution in [1.29, 1.82) is 5.26 Å². The van der Waals surface area contributed by atoms with Crippen molar-refractivity contribution in [2.45, 2.75) is 39.7 Å². The minimum atomic E-state index is -0.592. The van der Waals surface area contributed by atoms with E-state index in [1.165, 1.54) is 6.07 Å². The summed E-state index contributed by atoms with van der Waals surface area (Å²) in [5.74, 6) is -0.532. The van der Waals surface area contributed by atoms with Gasteiger partial charge in [0.15, 0.2) is 17.3 Å². The summed E-state index contributed by atoms with van der Waals surface area (Å²) in [6.45, 7) is 7.27. The molecule has 0 aliphatic rings. The summed E-state index contributed by atoms with van der Waals surface area (Å²) in [4.78, 5) is 16.4. The maximum Gasteiger partial charge on any atom is 0.338 e. The highest BCUT2D eigenvalue weighted by Crippen LogP contribution is 2.34. The molecule has 6 nitrogen and oxygen atoms in total. The summed E-state index contributed by atoms with van der Waals surface area (Å²) in [7, 11) is 0. The molecular weight excluding hydrogens is 385 g/mol. The van der Waals surface area contributed by atoms with Crippen molar-refractivity contribution in [2.24, 2.45) is 0 Å². The van der Waals surface area contributed by atoms with E-state index in [0.29, 0.717) is 40.0 Å². The number of carbonyl (C=O) groups excluding carboxylic acids is 1. The lowest BCUT2D eigenvalue weighted by Crippen LogP contribution is -2.23. The van der Waals surface area contributed by atoms with Crippen LogP contribution in [0.4, 0.5) is 4.39 Å². The normalized spacial score (nSPS) is 11.7. The second-order valence-electron chi connectivity index (χ2n) is 7.96. The summed E-state index contributed by atoms with van der Waals surface area (Å²) < 4.78 is 27.5. The van der Waals surface area contributed by atoms with Crippen LogP contribution in [0.1, 0.15) is 49.5 Å². The zero-order valence-electron chi connectivity index (χ0n) is 17.1. The van der Waals surface area contributed by atoms with Crippen LogP contribution in [0.2, 0.25) is 0 Å². The van der Waals surface area contributed by atoms with Crippen LogP contribution < -0.4 is 0 Å². The molecule has 0 aliphatic carbocycles. The third-order valence-corrected chi connectivity index (χ3v) is 4.63. The van der Waals surface area contributed by atoms with Crippen molar-refractivity contribution in [1.82, 2.24) is 9.55 Å². The van der Waals surface area contributed by atoms with Gasteiger partial charge in [-0.25, -0.2) is 14.2 Å². The van der Waals surface area contributed by atoms with Gasteiger partial charge in [0.05, 0.1) is 22.0 Å². The van der Waals surface area contributed by atoms with Crippen LogP contribution in [-0.2, 0) is 11.2 Å². The van der Waals surface area contributed by atoms with Gasteiger partial charge in [-0.1, -0.05) is 6.92 Å². The van der Waals surface area contributed by atoms with Gasteiger partial charge >= 0.3 is 5.97 Å². The smallest absolute Gasteiger partial charge is 0.338 e. The Labute approximate surface area is 172 Å². The van der Waals surface area contributed by atoms with Crippen molar-refractivity contribution in [3.63, 3.8) is 0 Å². The molecule has 152 valence electrons. The Bertz CT molecular complexity index is 1320. The van der Waals surface area contributed by atoms with E-state index in [1.54, 1.807) is 55.8 Å². The molecule has 4 aromatic rings. The monoisotopic (exact) mass is 405 g/mol. The number of aromatic nitrogens is 2. The van der Waals surface area contributed by atoms with Gasteiger partial charge in [0.1, 0.15) is 17.2 Å². The quantitative estimate of drug-likeness (QED) is 0.432. The molecule has 2 aromatic heterocycles. The fourth-order valence-electron chi connectivity index (χ4n) is 3.33. The molecule has 0 unspecified atom stereocenters. The predicted octanol–water partition coefficient (Wildman–Crippen LogP) is 5.30. The van der Waals surface area contributed by atoms with Crippen LogP contribution in [0.5, 0.6) is 0 Å². The molecule has 0 N–H and O–H groups in total. The number of halogens is 1. The number of carbonyl (C=O) groups is 1. The van der Waals surface area contributed by atoms with Crippen LogP contribution in [0, 0.1) is 17.1 Å². The SMILES string of the molecule is CCc1nc2c(F)cc3c(c(C#N)cn3-c3ccc(C(=O)OC(C)(C)C)cc3)c2o1. The Kier molecular flexibility index (Phi) is 4.58. The zero-order chi connectivity index (χ0) is 21.6. The van der Waals surface area contributed by atoms with Gasteiger partial charge in [0.2, 0.25) is 0 Å². The highest BCUT2D eigenvalue weighted by molar-refractivity contribution is 6.06. The summed E-state index contributed by atoms with van der Waals surface area (Å²) in [6.07, 6.45) is 2.14. The van der Waals surface area contributed by atoms with Crippen LogP contribution in [-0.4, -0.2) is 21.1 Å². The molecule has 0 bridgehead atoms. The molecule has 2 aromatic carbocycles. The molecule has 0 saturated carbocycles. The molecule has 4 rings (SSSR count). The van der Waals surface area contributed by atoms with Crippen LogP contribution in [0.3, 0.4) is 0 Å². The van der Waals surface area contributed by atoms with Crippen molar-refractivity contribution in [3.8, 4) is 11.8 Å². The third-order valence-electron chi connectivity index (χ3n) is 4.63. The highest BCUT2D eigenvalue weighted by Gasteiger charge is 2.21. The number of nitriles is 1. The molecule has 0 spiro atoms. The van der Waals surface area contributed by atoms with Crippen LogP contribution in [0.25, 0.3) is 27.7 Å². The minimum absolute atomic E-state index is 0.119. The summed E-state index contributed by atoms with van der Waals surface area (Å²) in [6, 6.07) is 10.2. The number of rotatable bonds is 3. The third kappa shape index (κ3) is 3.30. The number of esters is 1. The first-order valence-electron chi connectivity index (χ1n) is 9.58. The van der Waals surface area contributed by atoms with Crippen LogP contribution >= 0.6 is 0 Å². The van der Waals surface area contributed by atoms with E-state index in [1.807, 2.05) is 6.92 Å². The fourth-order valence-corrected chi connectivity index (χ4v) is 3.33. The highest BCUT2D eigenvalue weighted by atomic mass is 19.1. The van der Waals surface area contributed by atoms with Crippen LogP contribution in [0.15, 0.2) is 40.9 Å². The molecule has 0 fully saturated rings. The van der Waals surface area contributed by atoms with E-state index in [-0.39, 0.29) is 11.1 Å². The largest absolute Gasteiger partial charge is 0.456 e. The molecular formula is C23H20FN3O3. The molecule has 30 heavy (non-hydrogen) atoms. The summed E-state index contributed by atoms with van der Waals surface area (Å²) >= 11 is 0. The Morgan fingerprint density at radius 2 is 2.00 bits per heavy atom. The minimum Gasteiger partial charge on any atom is -0.456 e. The van der Waals surface area contributed by atoms with Crippen molar-refractivity contribution < 1.29 is 18.3 Å². The molecule has 0 saturated heterocycles. The molecule has 0 aliphatic heterocycles. The van der Waals surface area contributed by atoms with Gasteiger partial charge in [-0.15, -0.1) is 0 Å². The lowest BCUT2D eigenvalue weighted by Gasteiger charge is -2.19. The molecule has 2 heterocycles. The Balaban J connectivity index is 1.85. The number of fused-ring (bicyclic) bond motifs is 3. The zero-order valence-corrected chi connectivity index (χ0v) is 17.1.